The summed E-state index contributed by atoms with van der Waals surface area (Å²) in [7, 11) is 0. The number of hydrogen-bond donors (Lipinski definition) is 2. The Labute approximate surface area is 193 Å². The maximum absolute atomic E-state index is 13.5. The molecule has 0 spiro atoms. The van der Waals surface area contributed by atoms with Gasteiger partial charge in [-0.2, -0.15) is 0 Å². The van der Waals surface area contributed by atoms with Gasteiger partial charge in [-0.3, -0.25) is 4.79 Å². The smallest absolute Gasteiger partial charge is 0.163 e. The van der Waals surface area contributed by atoms with E-state index in [0.717, 1.165) is 45.9 Å². The summed E-state index contributed by atoms with van der Waals surface area (Å²) in [6.45, 7) is 2.59. The predicted octanol–water partition coefficient (Wildman–Crippen LogP) is 6.72. The molecule has 1 heterocycles. The van der Waals surface area contributed by atoms with Crippen molar-refractivity contribution in [2.75, 3.05) is 17.2 Å². The number of hydrogen-bond acceptors (Lipinski definition) is 4. The lowest BCUT2D eigenvalue weighted by Gasteiger charge is -2.30. The highest BCUT2D eigenvalue weighted by Crippen LogP contribution is 2.44. The highest BCUT2D eigenvalue weighted by atomic mass is 35.5. The SMILES string of the molecule is CCOc1ccc([C@H]2Nc3ccccc3NC3=C2C(=O)C[C@H](c2ccc(Cl)cc2)C3)cc1. The van der Waals surface area contributed by atoms with Gasteiger partial charge in [-0.05, 0) is 66.8 Å². The fraction of sp³-hybridized carbons (Fsp3) is 0.222. The van der Waals surface area contributed by atoms with Gasteiger partial charge in [0.05, 0.1) is 24.0 Å². The monoisotopic (exact) mass is 444 g/mol. The Morgan fingerprint density at radius 3 is 2.31 bits per heavy atom. The van der Waals surface area contributed by atoms with E-state index in [2.05, 4.69) is 10.6 Å². The van der Waals surface area contributed by atoms with E-state index in [1.165, 1.54) is 0 Å². The van der Waals surface area contributed by atoms with Crippen molar-refractivity contribution >= 4 is 28.8 Å². The summed E-state index contributed by atoms with van der Waals surface area (Å²) >= 11 is 6.08. The van der Waals surface area contributed by atoms with Gasteiger partial charge in [-0.25, -0.2) is 0 Å². The van der Waals surface area contributed by atoms with Crippen LogP contribution < -0.4 is 15.4 Å². The Hall–Kier alpha value is -3.24. The average molecular weight is 445 g/mol. The molecular weight excluding hydrogens is 420 g/mol. The second-order valence-electron chi connectivity index (χ2n) is 8.22. The molecule has 0 unspecified atom stereocenters. The lowest BCUT2D eigenvalue weighted by molar-refractivity contribution is -0.116. The normalized spacial score (nSPS) is 19.9. The molecule has 2 aliphatic rings. The number of nitrogens with one attached hydrogen (secondary N) is 2. The van der Waals surface area contributed by atoms with Gasteiger partial charge in [0.15, 0.2) is 5.78 Å². The second kappa shape index (κ2) is 8.71. The standard InChI is InChI=1S/C27H25ClN2O2/c1-2-32-21-13-9-18(10-14-21)27-26-24(29-22-5-3-4-6-23(22)30-27)15-19(16-25(26)31)17-7-11-20(28)12-8-17/h3-14,19,27,29-30H,2,15-16H2,1H3/t19-,27-/m1/s1. The Kier molecular flexibility index (Phi) is 5.62. The first kappa shape index (κ1) is 20.7. The van der Waals surface area contributed by atoms with Crippen molar-refractivity contribution < 1.29 is 9.53 Å². The molecule has 0 saturated heterocycles. The fourth-order valence-electron chi connectivity index (χ4n) is 4.64. The van der Waals surface area contributed by atoms with Crippen molar-refractivity contribution in [2.24, 2.45) is 0 Å². The Morgan fingerprint density at radius 2 is 1.59 bits per heavy atom. The molecule has 2 atom stereocenters. The highest BCUT2D eigenvalue weighted by Gasteiger charge is 2.36. The summed E-state index contributed by atoms with van der Waals surface area (Å²) in [4.78, 5) is 13.5. The number of ketones is 1. The van der Waals surface area contributed by atoms with Crippen molar-refractivity contribution in [3.63, 3.8) is 0 Å². The molecule has 5 rings (SSSR count). The molecule has 1 aliphatic heterocycles. The van der Waals surface area contributed by atoms with Crippen molar-refractivity contribution in [3.05, 3.63) is 100 Å². The van der Waals surface area contributed by atoms with E-state index in [-0.39, 0.29) is 17.7 Å². The minimum absolute atomic E-state index is 0.122. The molecule has 0 saturated carbocycles. The van der Waals surface area contributed by atoms with E-state index in [4.69, 9.17) is 16.3 Å². The second-order valence-corrected chi connectivity index (χ2v) is 8.66. The maximum Gasteiger partial charge on any atom is 0.163 e. The van der Waals surface area contributed by atoms with Crippen LogP contribution in [-0.4, -0.2) is 12.4 Å². The third-order valence-electron chi connectivity index (χ3n) is 6.17. The Bertz CT molecular complexity index is 1170. The number of rotatable bonds is 4. The summed E-state index contributed by atoms with van der Waals surface area (Å²) < 4.78 is 5.61. The van der Waals surface area contributed by atoms with Gasteiger partial charge in [0, 0.05) is 22.7 Å². The molecule has 32 heavy (non-hydrogen) atoms. The van der Waals surface area contributed by atoms with Gasteiger partial charge in [0.2, 0.25) is 0 Å². The molecule has 1 aliphatic carbocycles. The topological polar surface area (TPSA) is 50.4 Å². The minimum Gasteiger partial charge on any atom is -0.494 e. The van der Waals surface area contributed by atoms with Gasteiger partial charge < -0.3 is 15.4 Å². The number of para-hydroxylation sites is 2. The van der Waals surface area contributed by atoms with Crippen molar-refractivity contribution in [1.82, 2.24) is 0 Å². The first-order valence-corrected chi connectivity index (χ1v) is 11.4. The number of halogens is 1. The van der Waals surface area contributed by atoms with Crippen molar-refractivity contribution in [3.8, 4) is 5.75 Å². The number of Topliss-reactive ketones (excluding diaryl/α,β-unsaturated/α-hetero) is 1. The summed E-state index contributed by atoms with van der Waals surface area (Å²) in [5, 5.41) is 7.90. The zero-order chi connectivity index (χ0) is 22.1. The lowest BCUT2D eigenvalue weighted by Crippen LogP contribution is -2.26. The summed E-state index contributed by atoms with van der Waals surface area (Å²) in [5.41, 5.74) is 5.94. The zero-order valence-corrected chi connectivity index (χ0v) is 18.7. The largest absolute Gasteiger partial charge is 0.494 e. The molecule has 5 heteroatoms. The van der Waals surface area contributed by atoms with Crippen LogP contribution >= 0.6 is 11.6 Å². The number of allylic oxidation sites excluding steroid dienone is 1. The number of ether oxygens (including phenoxy) is 1. The van der Waals surface area contributed by atoms with E-state index in [0.29, 0.717) is 18.1 Å². The Balaban J connectivity index is 1.56. The molecule has 0 bridgehead atoms. The quantitative estimate of drug-likeness (QED) is 0.469. The number of carbonyl (C=O) groups excluding carboxylic acids is 1. The van der Waals surface area contributed by atoms with Crippen LogP contribution in [0.15, 0.2) is 84.1 Å². The molecular formula is C27H25ClN2O2. The molecule has 4 nitrogen and oxygen atoms in total. The third-order valence-corrected chi connectivity index (χ3v) is 6.43. The van der Waals surface area contributed by atoms with Crippen LogP contribution in [-0.2, 0) is 4.79 Å². The van der Waals surface area contributed by atoms with Crippen LogP contribution in [0.5, 0.6) is 5.75 Å². The molecule has 3 aromatic carbocycles. The fourth-order valence-corrected chi connectivity index (χ4v) is 4.76. The lowest BCUT2D eigenvalue weighted by atomic mass is 9.78. The minimum atomic E-state index is -0.226. The molecule has 3 aromatic rings. The molecule has 0 aromatic heterocycles. The van der Waals surface area contributed by atoms with Crippen LogP contribution in [0.1, 0.15) is 42.9 Å². The zero-order valence-electron chi connectivity index (χ0n) is 17.9. The molecule has 2 N–H and O–H groups in total. The number of benzene rings is 3. The van der Waals surface area contributed by atoms with E-state index >= 15 is 0 Å². The highest BCUT2D eigenvalue weighted by molar-refractivity contribution is 6.30. The first-order valence-electron chi connectivity index (χ1n) is 11.0. The van der Waals surface area contributed by atoms with Crippen LogP contribution in [0.2, 0.25) is 5.02 Å². The van der Waals surface area contributed by atoms with Gasteiger partial charge in [-0.1, -0.05) is 48.0 Å². The third kappa shape index (κ3) is 3.98. The van der Waals surface area contributed by atoms with E-state index in [1.54, 1.807) is 0 Å². The molecule has 0 amide bonds. The van der Waals surface area contributed by atoms with Gasteiger partial charge >= 0.3 is 0 Å². The van der Waals surface area contributed by atoms with Crippen molar-refractivity contribution in [1.29, 1.82) is 0 Å². The summed E-state index contributed by atoms with van der Waals surface area (Å²) in [6.07, 6.45) is 1.25. The predicted molar refractivity (Wildman–Crippen MR) is 129 cm³/mol. The molecule has 162 valence electrons. The number of fused-ring (bicyclic) bond motifs is 1. The van der Waals surface area contributed by atoms with Crippen LogP contribution in [0.3, 0.4) is 0 Å². The van der Waals surface area contributed by atoms with E-state index in [9.17, 15) is 4.79 Å². The molecule has 0 radical (unpaired) electrons. The maximum atomic E-state index is 13.5. The average Bonchev–Trinajstić information content (AvgIpc) is 2.97. The number of carbonyl (C=O) groups is 1. The van der Waals surface area contributed by atoms with E-state index < -0.39 is 0 Å². The van der Waals surface area contributed by atoms with Gasteiger partial charge in [0.25, 0.3) is 0 Å². The number of anilines is 2. The summed E-state index contributed by atoms with van der Waals surface area (Å²) in [6, 6.07) is 23.7. The summed E-state index contributed by atoms with van der Waals surface area (Å²) in [5.74, 6) is 1.12. The molecule has 0 fully saturated rings. The van der Waals surface area contributed by atoms with Crippen LogP contribution in [0.4, 0.5) is 11.4 Å². The van der Waals surface area contributed by atoms with Crippen molar-refractivity contribution in [2.45, 2.75) is 31.7 Å². The van der Waals surface area contributed by atoms with E-state index in [1.807, 2.05) is 79.7 Å². The Morgan fingerprint density at radius 1 is 0.906 bits per heavy atom. The van der Waals surface area contributed by atoms with Gasteiger partial charge in [-0.15, -0.1) is 0 Å². The van der Waals surface area contributed by atoms with Crippen LogP contribution in [0, 0.1) is 0 Å². The van der Waals surface area contributed by atoms with Gasteiger partial charge in [0.1, 0.15) is 5.75 Å². The van der Waals surface area contributed by atoms with Crippen LogP contribution in [0.25, 0.3) is 0 Å². The first-order chi connectivity index (χ1) is 15.6.